The second-order valence-corrected chi connectivity index (χ2v) is 5.56. The molecule has 0 saturated heterocycles. The summed E-state index contributed by atoms with van der Waals surface area (Å²) in [5.41, 5.74) is 1.78. The lowest BCUT2D eigenvalue weighted by Crippen LogP contribution is -2.35. The van der Waals surface area contributed by atoms with Crippen molar-refractivity contribution in [3.8, 4) is 6.07 Å². The van der Waals surface area contributed by atoms with Crippen molar-refractivity contribution < 1.29 is 14.3 Å². The number of pyridine rings is 1. The fourth-order valence-corrected chi connectivity index (χ4v) is 2.30. The average Bonchev–Trinajstić information content (AvgIpc) is 2.61. The molecule has 0 N–H and O–H groups in total. The molecule has 0 radical (unpaired) electrons. The van der Waals surface area contributed by atoms with Crippen LogP contribution in [0.4, 0.5) is 5.69 Å². The first-order valence-corrected chi connectivity index (χ1v) is 7.92. The minimum Gasteiger partial charge on any atom is -0.452 e. The highest BCUT2D eigenvalue weighted by atomic mass is 35.5. The number of aryl methyl sites for hydroxylation is 1. The molecule has 0 saturated carbocycles. The van der Waals surface area contributed by atoms with E-state index in [4.69, 9.17) is 21.6 Å². The van der Waals surface area contributed by atoms with Crippen LogP contribution < -0.4 is 4.90 Å². The van der Waals surface area contributed by atoms with Crippen LogP contribution in [0.1, 0.15) is 22.3 Å². The molecule has 1 heterocycles. The Bertz CT molecular complexity index is 800. The van der Waals surface area contributed by atoms with E-state index in [1.165, 1.54) is 17.2 Å². The number of carbonyl (C=O) groups is 2. The predicted octanol–water partition coefficient (Wildman–Crippen LogP) is 3.15. The lowest BCUT2D eigenvalue weighted by Gasteiger charge is -2.21. The first-order chi connectivity index (χ1) is 12.0. The predicted molar refractivity (Wildman–Crippen MR) is 93.3 cm³/mol. The number of halogens is 1. The third kappa shape index (κ3) is 5.03. The van der Waals surface area contributed by atoms with Gasteiger partial charge in [-0.3, -0.25) is 4.79 Å². The fourth-order valence-electron chi connectivity index (χ4n) is 2.11. The number of aromatic nitrogens is 1. The zero-order valence-electron chi connectivity index (χ0n) is 13.6. The third-order valence-corrected chi connectivity index (χ3v) is 3.70. The molecule has 0 unspecified atom stereocenters. The molecule has 128 valence electrons. The number of rotatable bonds is 6. The Balaban J connectivity index is 2.07. The van der Waals surface area contributed by atoms with Gasteiger partial charge in [0.05, 0.1) is 18.1 Å². The number of esters is 1. The highest BCUT2D eigenvalue weighted by Crippen LogP contribution is 2.17. The number of anilines is 1. The SMILES string of the molecule is Cc1ccc(N(CCC#N)C(=O)COC(=O)c2cccnc2Cl)cc1. The summed E-state index contributed by atoms with van der Waals surface area (Å²) in [6, 6.07) is 12.3. The minimum absolute atomic E-state index is 0.0137. The van der Waals surface area contributed by atoms with Crippen molar-refractivity contribution >= 4 is 29.2 Å². The highest BCUT2D eigenvalue weighted by molar-refractivity contribution is 6.32. The molecule has 6 nitrogen and oxygen atoms in total. The van der Waals surface area contributed by atoms with Gasteiger partial charge in [-0.15, -0.1) is 0 Å². The quantitative estimate of drug-likeness (QED) is 0.585. The number of benzene rings is 1. The Hall–Kier alpha value is -2.91. The van der Waals surface area contributed by atoms with Gasteiger partial charge in [0.15, 0.2) is 6.61 Å². The Morgan fingerprint density at radius 2 is 2.00 bits per heavy atom. The number of hydrogen-bond donors (Lipinski definition) is 0. The van der Waals surface area contributed by atoms with Crippen molar-refractivity contribution in [3.63, 3.8) is 0 Å². The molecule has 0 bridgehead atoms. The monoisotopic (exact) mass is 357 g/mol. The maximum atomic E-state index is 12.4. The van der Waals surface area contributed by atoms with Crippen molar-refractivity contribution in [1.29, 1.82) is 5.26 Å². The van der Waals surface area contributed by atoms with Gasteiger partial charge in [-0.25, -0.2) is 9.78 Å². The minimum atomic E-state index is -0.726. The molecule has 2 rings (SSSR count). The largest absolute Gasteiger partial charge is 0.452 e. The molecular formula is C18H16ClN3O3. The second kappa shape index (κ2) is 8.81. The molecule has 0 fully saturated rings. The van der Waals surface area contributed by atoms with Crippen LogP contribution in [0.2, 0.25) is 5.15 Å². The van der Waals surface area contributed by atoms with Crippen LogP contribution in [0.3, 0.4) is 0 Å². The number of carbonyl (C=O) groups excluding carboxylic acids is 2. The van der Waals surface area contributed by atoms with Gasteiger partial charge in [0.2, 0.25) is 0 Å². The summed E-state index contributed by atoms with van der Waals surface area (Å²) in [4.78, 5) is 29.7. The lowest BCUT2D eigenvalue weighted by molar-refractivity contribution is -0.121. The van der Waals surface area contributed by atoms with Crippen molar-refractivity contribution in [2.75, 3.05) is 18.1 Å². The van der Waals surface area contributed by atoms with Gasteiger partial charge < -0.3 is 9.64 Å². The summed E-state index contributed by atoms with van der Waals surface area (Å²) in [5, 5.41) is 8.80. The molecule has 2 aromatic rings. The zero-order valence-corrected chi connectivity index (χ0v) is 14.4. The maximum Gasteiger partial charge on any atom is 0.341 e. The molecule has 0 aliphatic heterocycles. The van der Waals surface area contributed by atoms with E-state index in [9.17, 15) is 9.59 Å². The third-order valence-electron chi connectivity index (χ3n) is 3.40. The molecule has 0 aliphatic carbocycles. The van der Waals surface area contributed by atoms with E-state index in [0.29, 0.717) is 5.69 Å². The first kappa shape index (κ1) is 18.4. The Morgan fingerprint density at radius 3 is 2.64 bits per heavy atom. The van der Waals surface area contributed by atoms with Crippen molar-refractivity contribution in [2.45, 2.75) is 13.3 Å². The molecule has 0 spiro atoms. The van der Waals surface area contributed by atoms with Crippen molar-refractivity contribution in [2.24, 2.45) is 0 Å². The number of amides is 1. The summed E-state index contributed by atoms with van der Waals surface area (Å²) in [7, 11) is 0. The van der Waals surface area contributed by atoms with E-state index in [1.54, 1.807) is 18.2 Å². The number of nitriles is 1. The van der Waals surface area contributed by atoms with Gasteiger partial charge in [0, 0.05) is 18.4 Å². The van der Waals surface area contributed by atoms with Crippen LogP contribution >= 0.6 is 11.6 Å². The zero-order chi connectivity index (χ0) is 18.2. The van der Waals surface area contributed by atoms with E-state index in [1.807, 2.05) is 25.1 Å². The summed E-state index contributed by atoms with van der Waals surface area (Å²) in [6.45, 7) is 1.69. The highest BCUT2D eigenvalue weighted by Gasteiger charge is 2.19. The molecule has 1 aromatic heterocycles. The Morgan fingerprint density at radius 1 is 1.28 bits per heavy atom. The van der Waals surface area contributed by atoms with E-state index in [2.05, 4.69) is 4.98 Å². The van der Waals surface area contributed by atoms with Gasteiger partial charge >= 0.3 is 5.97 Å². The standard InChI is InChI=1S/C18H16ClN3O3/c1-13-5-7-14(8-6-13)22(11-3-9-20)16(23)12-25-18(24)15-4-2-10-21-17(15)19/h2,4-8,10H,3,11-12H2,1H3. The number of nitrogens with zero attached hydrogens (tertiary/aromatic N) is 3. The van der Waals surface area contributed by atoms with Crippen LogP contribution in [0, 0.1) is 18.3 Å². The van der Waals surface area contributed by atoms with Gasteiger partial charge in [0.25, 0.3) is 5.91 Å². The Labute approximate surface area is 150 Å². The van der Waals surface area contributed by atoms with Crippen molar-refractivity contribution in [3.05, 3.63) is 58.9 Å². The maximum absolute atomic E-state index is 12.4. The normalized spacial score (nSPS) is 9.96. The molecule has 0 aliphatic rings. The van der Waals surface area contributed by atoms with E-state index in [0.717, 1.165) is 5.56 Å². The molecule has 1 aromatic carbocycles. The fraction of sp³-hybridized carbons (Fsp3) is 0.222. The van der Waals surface area contributed by atoms with Gasteiger partial charge in [-0.05, 0) is 31.2 Å². The summed E-state index contributed by atoms with van der Waals surface area (Å²) in [5.74, 6) is -1.15. The summed E-state index contributed by atoms with van der Waals surface area (Å²) in [6.07, 6.45) is 1.62. The van der Waals surface area contributed by atoms with E-state index in [-0.39, 0.29) is 23.7 Å². The van der Waals surface area contributed by atoms with Gasteiger partial charge in [-0.1, -0.05) is 29.3 Å². The Kier molecular flexibility index (Phi) is 6.49. The topological polar surface area (TPSA) is 83.3 Å². The van der Waals surface area contributed by atoms with Crippen molar-refractivity contribution in [1.82, 2.24) is 4.98 Å². The van der Waals surface area contributed by atoms with Crippen LogP contribution in [0.15, 0.2) is 42.6 Å². The lowest BCUT2D eigenvalue weighted by atomic mass is 10.2. The molecule has 0 atom stereocenters. The smallest absolute Gasteiger partial charge is 0.341 e. The molecule has 25 heavy (non-hydrogen) atoms. The van der Waals surface area contributed by atoms with Crippen LogP contribution in [0.25, 0.3) is 0 Å². The second-order valence-electron chi connectivity index (χ2n) is 5.21. The van der Waals surface area contributed by atoms with Crippen LogP contribution in [-0.2, 0) is 9.53 Å². The molecular weight excluding hydrogens is 342 g/mol. The van der Waals surface area contributed by atoms with Crippen LogP contribution in [-0.4, -0.2) is 30.0 Å². The molecule has 1 amide bonds. The van der Waals surface area contributed by atoms with Crippen LogP contribution in [0.5, 0.6) is 0 Å². The average molecular weight is 358 g/mol. The first-order valence-electron chi connectivity index (χ1n) is 7.54. The number of hydrogen-bond acceptors (Lipinski definition) is 5. The molecule has 7 heteroatoms. The summed E-state index contributed by atoms with van der Waals surface area (Å²) >= 11 is 5.83. The van der Waals surface area contributed by atoms with Gasteiger partial charge in [0.1, 0.15) is 5.15 Å². The van der Waals surface area contributed by atoms with Gasteiger partial charge in [-0.2, -0.15) is 5.26 Å². The van der Waals surface area contributed by atoms with E-state index < -0.39 is 18.5 Å². The number of ether oxygens (including phenoxy) is 1. The van der Waals surface area contributed by atoms with E-state index >= 15 is 0 Å². The summed E-state index contributed by atoms with van der Waals surface area (Å²) < 4.78 is 5.04.